The van der Waals surface area contributed by atoms with E-state index in [0.717, 1.165) is 24.8 Å². The Labute approximate surface area is 84.5 Å². The summed E-state index contributed by atoms with van der Waals surface area (Å²) in [5.74, 6) is 0.404. The number of aryl methyl sites for hydroxylation is 1. The van der Waals surface area contributed by atoms with Crippen LogP contribution in [0.15, 0.2) is 24.3 Å². The Morgan fingerprint density at radius 3 is 2.71 bits per heavy atom. The highest BCUT2D eigenvalue weighted by molar-refractivity contribution is 5.31. The molecule has 2 heteroatoms. The highest BCUT2D eigenvalue weighted by Gasteiger charge is 2.36. The molecule has 1 saturated heterocycles. The van der Waals surface area contributed by atoms with Gasteiger partial charge in [-0.05, 0) is 30.9 Å². The quantitative estimate of drug-likeness (QED) is 0.743. The minimum atomic E-state index is 0.404. The minimum absolute atomic E-state index is 0.404. The van der Waals surface area contributed by atoms with E-state index in [2.05, 4.69) is 6.92 Å². The normalized spacial score (nSPS) is 24.9. The molecule has 1 heterocycles. The van der Waals surface area contributed by atoms with Crippen LogP contribution < -0.4 is 0 Å². The van der Waals surface area contributed by atoms with Gasteiger partial charge >= 0.3 is 0 Å². The van der Waals surface area contributed by atoms with E-state index < -0.39 is 0 Å². The highest BCUT2D eigenvalue weighted by Crippen LogP contribution is 2.30. The first kappa shape index (κ1) is 9.53. The summed E-state index contributed by atoms with van der Waals surface area (Å²) in [6.07, 6.45) is 3.94. The molecule has 76 valence electrons. The maximum absolute atomic E-state index is 9.53. The van der Waals surface area contributed by atoms with Gasteiger partial charge in [-0.25, -0.2) is 0 Å². The number of benzene rings is 1. The first-order valence-electron chi connectivity index (χ1n) is 5.23. The molecule has 0 spiro atoms. The van der Waals surface area contributed by atoms with Gasteiger partial charge in [-0.2, -0.15) is 0 Å². The number of phenolic OH excluding ortho intramolecular Hbond substituents is 1. The van der Waals surface area contributed by atoms with E-state index >= 15 is 0 Å². The summed E-state index contributed by atoms with van der Waals surface area (Å²) in [5.41, 5.74) is 1.03. The summed E-state index contributed by atoms with van der Waals surface area (Å²) < 4.78 is 5.45. The van der Waals surface area contributed by atoms with Crippen molar-refractivity contribution in [2.45, 2.75) is 38.4 Å². The predicted octanol–water partition coefficient (Wildman–Crippen LogP) is 2.50. The second-order valence-corrected chi connectivity index (χ2v) is 3.79. The van der Waals surface area contributed by atoms with Gasteiger partial charge in [0.2, 0.25) is 0 Å². The highest BCUT2D eigenvalue weighted by atomic mass is 16.6. The summed E-state index contributed by atoms with van der Waals surface area (Å²) in [7, 11) is 0. The lowest BCUT2D eigenvalue weighted by molar-refractivity contribution is 0.359. The van der Waals surface area contributed by atoms with Gasteiger partial charge in [0.25, 0.3) is 0 Å². The van der Waals surface area contributed by atoms with Gasteiger partial charge in [0.05, 0.1) is 12.2 Å². The molecule has 0 amide bonds. The van der Waals surface area contributed by atoms with E-state index in [1.165, 1.54) is 0 Å². The Balaban J connectivity index is 1.84. The molecule has 14 heavy (non-hydrogen) atoms. The number of phenols is 1. The molecular weight excluding hydrogens is 176 g/mol. The molecule has 0 saturated carbocycles. The summed E-state index contributed by atoms with van der Waals surface area (Å²) in [5, 5.41) is 9.53. The third-order valence-corrected chi connectivity index (χ3v) is 2.78. The van der Waals surface area contributed by atoms with Gasteiger partial charge in [-0.1, -0.05) is 25.1 Å². The van der Waals surface area contributed by atoms with E-state index in [4.69, 9.17) is 4.74 Å². The number of hydrogen-bond donors (Lipinski definition) is 1. The second-order valence-electron chi connectivity index (χ2n) is 3.79. The van der Waals surface area contributed by atoms with Crippen LogP contribution in [0.2, 0.25) is 0 Å². The van der Waals surface area contributed by atoms with Crippen LogP contribution in [0.3, 0.4) is 0 Å². The van der Waals surface area contributed by atoms with Crippen LogP contribution in [0.1, 0.15) is 25.3 Å². The zero-order chi connectivity index (χ0) is 9.97. The number of para-hydroxylation sites is 1. The molecule has 1 aliphatic heterocycles. The Hall–Kier alpha value is -1.02. The minimum Gasteiger partial charge on any atom is -0.508 e. The van der Waals surface area contributed by atoms with Crippen molar-refractivity contribution in [1.82, 2.24) is 0 Å². The maximum atomic E-state index is 9.53. The van der Waals surface area contributed by atoms with E-state index in [-0.39, 0.29) is 0 Å². The lowest BCUT2D eigenvalue weighted by atomic mass is 10.1. The summed E-state index contributed by atoms with van der Waals surface area (Å²) in [4.78, 5) is 0. The van der Waals surface area contributed by atoms with Crippen molar-refractivity contribution in [3.05, 3.63) is 29.8 Å². The van der Waals surface area contributed by atoms with Crippen molar-refractivity contribution < 1.29 is 9.84 Å². The molecule has 2 atom stereocenters. The van der Waals surface area contributed by atoms with Crippen LogP contribution in [0.4, 0.5) is 0 Å². The molecular formula is C12H16O2. The molecule has 0 bridgehead atoms. The van der Waals surface area contributed by atoms with E-state index in [9.17, 15) is 5.11 Å². The fraction of sp³-hybridized carbons (Fsp3) is 0.500. The van der Waals surface area contributed by atoms with Crippen molar-refractivity contribution in [1.29, 1.82) is 0 Å². The van der Waals surface area contributed by atoms with Crippen molar-refractivity contribution >= 4 is 0 Å². The summed E-state index contributed by atoms with van der Waals surface area (Å²) >= 11 is 0. The summed E-state index contributed by atoms with van der Waals surface area (Å²) in [6.45, 7) is 2.14. The van der Waals surface area contributed by atoms with Crippen molar-refractivity contribution in [2.75, 3.05) is 0 Å². The average Bonchev–Trinajstić information content (AvgIpc) is 2.95. The van der Waals surface area contributed by atoms with Gasteiger partial charge in [-0.3, -0.25) is 0 Å². The van der Waals surface area contributed by atoms with E-state index in [1.54, 1.807) is 6.07 Å². The molecule has 0 radical (unpaired) electrons. The maximum Gasteiger partial charge on any atom is 0.118 e. The predicted molar refractivity (Wildman–Crippen MR) is 55.4 cm³/mol. The molecule has 0 aromatic heterocycles. The molecule has 2 rings (SSSR count). The molecule has 0 aliphatic carbocycles. The van der Waals surface area contributed by atoms with Gasteiger partial charge in [-0.15, -0.1) is 0 Å². The lowest BCUT2D eigenvalue weighted by Crippen LogP contribution is -1.95. The first-order valence-corrected chi connectivity index (χ1v) is 5.23. The van der Waals surface area contributed by atoms with Crippen LogP contribution in [-0.4, -0.2) is 17.3 Å². The fourth-order valence-corrected chi connectivity index (χ4v) is 1.81. The molecule has 2 unspecified atom stereocenters. The van der Waals surface area contributed by atoms with Crippen molar-refractivity contribution in [3.63, 3.8) is 0 Å². The Kier molecular flexibility index (Phi) is 2.73. The zero-order valence-electron chi connectivity index (χ0n) is 8.44. The van der Waals surface area contributed by atoms with Gasteiger partial charge < -0.3 is 9.84 Å². The van der Waals surface area contributed by atoms with Crippen LogP contribution in [0.25, 0.3) is 0 Å². The molecule has 1 aromatic rings. The van der Waals surface area contributed by atoms with Gasteiger partial charge in [0.1, 0.15) is 5.75 Å². The Bertz CT molecular complexity index is 309. The fourth-order valence-electron chi connectivity index (χ4n) is 1.81. The Morgan fingerprint density at radius 1 is 1.29 bits per heavy atom. The monoisotopic (exact) mass is 192 g/mol. The smallest absolute Gasteiger partial charge is 0.118 e. The van der Waals surface area contributed by atoms with Gasteiger partial charge in [0.15, 0.2) is 0 Å². The topological polar surface area (TPSA) is 32.8 Å². The number of ether oxygens (including phenoxy) is 1. The molecule has 1 aromatic carbocycles. The average molecular weight is 192 g/mol. The molecule has 2 nitrogen and oxygen atoms in total. The van der Waals surface area contributed by atoms with Crippen LogP contribution in [-0.2, 0) is 11.2 Å². The number of epoxide rings is 1. The largest absolute Gasteiger partial charge is 0.508 e. The number of hydrogen-bond acceptors (Lipinski definition) is 2. The lowest BCUT2D eigenvalue weighted by Gasteiger charge is -2.01. The molecule has 1 aliphatic rings. The first-order chi connectivity index (χ1) is 6.81. The standard InChI is InChI=1S/C12H16O2/c1-2-11-12(14-11)8-7-9-5-3-4-6-10(9)13/h3-6,11-13H,2,7-8H2,1H3. The molecule has 1 N–H and O–H groups in total. The number of aromatic hydroxyl groups is 1. The van der Waals surface area contributed by atoms with Crippen molar-refractivity contribution in [3.8, 4) is 5.75 Å². The van der Waals surface area contributed by atoms with E-state index in [0.29, 0.717) is 18.0 Å². The van der Waals surface area contributed by atoms with Gasteiger partial charge in [0, 0.05) is 0 Å². The van der Waals surface area contributed by atoms with Crippen LogP contribution in [0, 0.1) is 0 Å². The van der Waals surface area contributed by atoms with Crippen LogP contribution >= 0.6 is 0 Å². The van der Waals surface area contributed by atoms with Crippen molar-refractivity contribution in [2.24, 2.45) is 0 Å². The Morgan fingerprint density at radius 2 is 2.07 bits per heavy atom. The zero-order valence-corrected chi connectivity index (χ0v) is 8.44. The van der Waals surface area contributed by atoms with E-state index in [1.807, 2.05) is 18.2 Å². The third kappa shape index (κ3) is 2.07. The third-order valence-electron chi connectivity index (χ3n) is 2.78. The molecule has 1 fully saturated rings. The SMILES string of the molecule is CCC1OC1CCc1ccccc1O. The second kappa shape index (κ2) is 4.01. The number of rotatable bonds is 4. The van der Waals surface area contributed by atoms with Crippen LogP contribution in [0.5, 0.6) is 5.75 Å². The summed E-state index contributed by atoms with van der Waals surface area (Å²) in [6, 6.07) is 7.51.